The van der Waals surface area contributed by atoms with Gasteiger partial charge in [-0.1, -0.05) is 6.42 Å². The third kappa shape index (κ3) is 5.46. The summed E-state index contributed by atoms with van der Waals surface area (Å²) in [7, 11) is 1.63. The van der Waals surface area contributed by atoms with Gasteiger partial charge in [-0.25, -0.2) is 0 Å². The summed E-state index contributed by atoms with van der Waals surface area (Å²) in [5.74, 6) is -0.826. The predicted molar refractivity (Wildman–Crippen MR) is 75.6 cm³/mol. The van der Waals surface area contributed by atoms with Crippen molar-refractivity contribution in [2.24, 2.45) is 0 Å². The van der Waals surface area contributed by atoms with Gasteiger partial charge in [0.15, 0.2) is 0 Å². The Morgan fingerprint density at radius 3 is 2.85 bits per heavy atom. The van der Waals surface area contributed by atoms with E-state index < -0.39 is 5.97 Å². The molecule has 2 atom stereocenters. The molecule has 1 aliphatic heterocycles. The first-order valence-corrected chi connectivity index (χ1v) is 7.30. The Hall–Kier alpha value is -1.14. The van der Waals surface area contributed by atoms with Crippen molar-refractivity contribution in [2.45, 2.75) is 51.1 Å². The van der Waals surface area contributed by atoms with Gasteiger partial charge in [0, 0.05) is 26.3 Å². The maximum Gasteiger partial charge on any atom is 0.304 e. The second kappa shape index (κ2) is 8.92. The number of ether oxygens (including phenoxy) is 1. The van der Waals surface area contributed by atoms with Crippen molar-refractivity contribution >= 4 is 11.9 Å². The van der Waals surface area contributed by atoms with Crippen LogP contribution in [-0.4, -0.2) is 60.8 Å². The van der Waals surface area contributed by atoms with E-state index in [2.05, 4.69) is 5.32 Å². The molecule has 20 heavy (non-hydrogen) atoms. The zero-order chi connectivity index (χ0) is 15.0. The largest absolute Gasteiger partial charge is 0.481 e. The van der Waals surface area contributed by atoms with Crippen molar-refractivity contribution in [2.75, 3.05) is 26.8 Å². The number of likely N-dealkylation sites (tertiary alicyclic amines) is 1. The molecule has 1 fully saturated rings. The van der Waals surface area contributed by atoms with E-state index in [1.54, 1.807) is 7.11 Å². The van der Waals surface area contributed by atoms with E-state index in [4.69, 9.17) is 9.84 Å². The minimum atomic E-state index is -0.797. The van der Waals surface area contributed by atoms with Crippen LogP contribution in [0.4, 0.5) is 0 Å². The number of amides is 1. The summed E-state index contributed by atoms with van der Waals surface area (Å²) in [6, 6.07) is -0.303. The number of carboxylic acid groups (broad SMARTS) is 1. The Kier molecular flexibility index (Phi) is 7.54. The molecule has 1 rings (SSSR count). The summed E-state index contributed by atoms with van der Waals surface area (Å²) in [6.45, 7) is 3.87. The Labute approximate surface area is 120 Å². The SMILES string of the molecule is COCCCNC(=O)C(C)N1CCCCC1CC(=O)O. The second-order valence-corrected chi connectivity index (χ2v) is 5.30. The van der Waals surface area contributed by atoms with Crippen LogP contribution in [0.25, 0.3) is 0 Å². The van der Waals surface area contributed by atoms with Crippen LogP contribution < -0.4 is 5.32 Å². The lowest BCUT2D eigenvalue weighted by Crippen LogP contribution is -2.52. The van der Waals surface area contributed by atoms with E-state index >= 15 is 0 Å². The Bertz CT molecular complexity index is 322. The molecule has 0 spiro atoms. The number of carbonyl (C=O) groups is 2. The van der Waals surface area contributed by atoms with E-state index in [1.807, 2.05) is 11.8 Å². The van der Waals surface area contributed by atoms with Crippen LogP contribution >= 0.6 is 0 Å². The molecule has 2 N–H and O–H groups in total. The molecule has 116 valence electrons. The fourth-order valence-electron chi connectivity index (χ4n) is 2.68. The molecule has 1 saturated heterocycles. The number of carbonyl (C=O) groups excluding carboxylic acids is 1. The van der Waals surface area contributed by atoms with Crippen LogP contribution in [0.15, 0.2) is 0 Å². The number of piperidine rings is 1. The van der Waals surface area contributed by atoms with E-state index in [0.717, 1.165) is 32.2 Å². The van der Waals surface area contributed by atoms with Crippen molar-refractivity contribution in [3.63, 3.8) is 0 Å². The van der Waals surface area contributed by atoms with Gasteiger partial charge in [0.2, 0.25) is 5.91 Å². The van der Waals surface area contributed by atoms with Crippen LogP contribution in [0, 0.1) is 0 Å². The molecule has 1 amide bonds. The standard InChI is InChI=1S/C14H26N2O4/c1-11(14(19)15-7-5-9-20-2)16-8-4-3-6-12(16)10-13(17)18/h11-12H,3-10H2,1-2H3,(H,15,19)(H,17,18). The fraction of sp³-hybridized carbons (Fsp3) is 0.857. The van der Waals surface area contributed by atoms with Crippen LogP contribution in [0.3, 0.4) is 0 Å². The molecule has 0 aromatic carbocycles. The first kappa shape index (κ1) is 16.9. The van der Waals surface area contributed by atoms with Crippen LogP contribution in [0.5, 0.6) is 0 Å². The number of rotatable bonds is 8. The highest BCUT2D eigenvalue weighted by Crippen LogP contribution is 2.22. The molecule has 6 nitrogen and oxygen atoms in total. The quantitative estimate of drug-likeness (QED) is 0.647. The summed E-state index contributed by atoms with van der Waals surface area (Å²) in [5, 5.41) is 11.8. The maximum absolute atomic E-state index is 12.1. The van der Waals surface area contributed by atoms with Crippen molar-refractivity contribution in [3.05, 3.63) is 0 Å². The van der Waals surface area contributed by atoms with Crippen LogP contribution in [0.2, 0.25) is 0 Å². The molecule has 2 unspecified atom stereocenters. The molecule has 0 aromatic rings. The van der Waals surface area contributed by atoms with Gasteiger partial charge < -0.3 is 15.2 Å². The molecule has 0 aliphatic carbocycles. The van der Waals surface area contributed by atoms with E-state index in [-0.39, 0.29) is 24.4 Å². The normalized spacial score (nSPS) is 21.4. The average Bonchev–Trinajstić information content (AvgIpc) is 2.42. The van der Waals surface area contributed by atoms with Gasteiger partial charge in [0.1, 0.15) is 0 Å². The lowest BCUT2D eigenvalue weighted by atomic mass is 9.97. The van der Waals surface area contributed by atoms with E-state index in [1.165, 1.54) is 0 Å². The van der Waals surface area contributed by atoms with Gasteiger partial charge in [-0.3, -0.25) is 14.5 Å². The maximum atomic E-state index is 12.1. The highest BCUT2D eigenvalue weighted by Gasteiger charge is 2.31. The summed E-state index contributed by atoms with van der Waals surface area (Å²) in [6.07, 6.45) is 3.82. The molecule has 0 saturated carbocycles. The smallest absolute Gasteiger partial charge is 0.304 e. The van der Waals surface area contributed by atoms with Crippen molar-refractivity contribution < 1.29 is 19.4 Å². The number of aliphatic carboxylic acids is 1. The minimum absolute atomic E-state index is 0.0269. The van der Waals surface area contributed by atoms with Gasteiger partial charge in [-0.2, -0.15) is 0 Å². The van der Waals surface area contributed by atoms with Gasteiger partial charge in [-0.05, 0) is 32.7 Å². The average molecular weight is 286 g/mol. The molecule has 0 bridgehead atoms. The summed E-state index contributed by atoms with van der Waals surface area (Å²) < 4.78 is 4.93. The van der Waals surface area contributed by atoms with Crippen LogP contribution in [0.1, 0.15) is 39.0 Å². The zero-order valence-electron chi connectivity index (χ0n) is 12.4. The lowest BCUT2D eigenvalue weighted by molar-refractivity contribution is -0.140. The highest BCUT2D eigenvalue weighted by molar-refractivity contribution is 5.81. The van der Waals surface area contributed by atoms with Crippen molar-refractivity contribution in [3.8, 4) is 0 Å². The Balaban J connectivity index is 2.46. The fourth-order valence-corrected chi connectivity index (χ4v) is 2.68. The monoisotopic (exact) mass is 286 g/mol. The lowest BCUT2D eigenvalue weighted by Gasteiger charge is -2.38. The van der Waals surface area contributed by atoms with Gasteiger partial charge in [0.05, 0.1) is 12.5 Å². The number of hydrogen-bond acceptors (Lipinski definition) is 4. The topological polar surface area (TPSA) is 78.9 Å². The number of carboxylic acids is 1. The summed E-state index contributed by atoms with van der Waals surface area (Å²) in [5.41, 5.74) is 0. The van der Waals surface area contributed by atoms with E-state index in [0.29, 0.717) is 13.2 Å². The number of methoxy groups -OCH3 is 1. The van der Waals surface area contributed by atoms with E-state index in [9.17, 15) is 9.59 Å². The van der Waals surface area contributed by atoms with Gasteiger partial charge in [0.25, 0.3) is 0 Å². The molecular formula is C14H26N2O4. The van der Waals surface area contributed by atoms with Gasteiger partial charge >= 0.3 is 5.97 Å². The van der Waals surface area contributed by atoms with Crippen LogP contribution in [-0.2, 0) is 14.3 Å². The third-order valence-electron chi connectivity index (χ3n) is 3.78. The Morgan fingerprint density at radius 2 is 2.20 bits per heavy atom. The number of nitrogens with zero attached hydrogens (tertiary/aromatic N) is 1. The molecule has 1 aliphatic rings. The number of nitrogens with one attached hydrogen (secondary N) is 1. The third-order valence-corrected chi connectivity index (χ3v) is 3.78. The first-order chi connectivity index (χ1) is 9.56. The highest BCUT2D eigenvalue weighted by atomic mass is 16.5. The minimum Gasteiger partial charge on any atom is -0.481 e. The van der Waals surface area contributed by atoms with Crippen molar-refractivity contribution in [1.82, 2.24) is 10.2 Å². The summed E-state index contributed by atoms with van der Waals surface area (Å²) >= 11 is 0. The number of hydrogen-bond donors (Lipinski definition) is 2. The Morgan fingerprint density at radius 1 is 1.45 bits per heavy atom. The first-order valence-electron chi connectivity index (χ1n) is 7.30. The second-order valence-electron chi connectivity index (χ2n) is 5.30. The predicted octanol–water partition coefficient (Wildman–Crippen LogP) is 0.857. The molecule has 6 heteroatoms. The van der Waals surface area contributed by atoms with Crippen molar-refractivity contribution in [1.29, 1.82) is 0 Å². The summed E-state index contributed by atoms with van der Waals surface area (Å²) in [4.78, 5) is 25.0. The molecule has 1 heterocycles. The van der Waals surface area contributed by atoms with Gasteiger partial charge in [-0.15, -0.1) is 0 Å². The molecular weight excluding hydrogens is 260 g/mol. The zero-order valence-corrected chi connectivity index (χ0v) is 12.4. The molecule has 0 aromatic heterocycles. The molecule has 0 radical (unpaired) electrons.